The second-order valence-electron chi connectivity index (χ2n) is 4.26. The molecule has 0 unspecified atom stereocenters. The topological polar surface area (TPSA) is 41.3 Å². The average molecular weight is 217 g/mol. The lowest BCUT2D eigenvalue weighted by atomic mass is 10.1. The van der Waals surface area contributed by atoms with E-state index in [1.54, 1.807) is 0 Å². The normalized spacial score (nSPS) is 16.2. The van der Waals surface area contributed by atoms with Gasteiger partial charge in [-0.2, -0.15) is 0 Å². The SMILES string of the molecule is C=C(c1ccc(N)c(C)c1)N1CCNCC1. The van der Waals surface area contributed by atoms with Gasteiger partial charge in [-0.15, -0.1) is 0 Å². The highest BCUT2D eigenvalue weighted by atomic mass is 15.2. The van der Waals surface area contributed by atoms with E-state index in [4.69, 9.17) is 5.73 Å². The fourth-order valence-corrected chi connectivity index (χ4v) is 1.97. The molecule has 3 heteroatoms. The van der Waals surface area contributed by atoms with Gasteiger partial charge in [0.1, 0.15) is 0 Å². The number of rotatable bonds is 2. The Kier molecular flexibility index (Phi) is 3.15. The first-order valence-corrected chi connectivity index (χ1v) is 5.69. The summed E-state index contributed by atoms with van der Waals surface area (Å²) in [5.74, 6) is 0. The van der Waals surface area contributed by atoms with Crippen LogP contribution in [0.1, 0.15) is 11.1 Å². The number of piperazine rings is 1. The Bertz CT molecular complexity index is 392. The molecule has 3 nitrogen and oxygen atoms in total. The summed E-state index contributed by atoms with van der Waals surface area (Å²) >= 11 is 0. The zero-order valence-corrected chi connectivity index (χ0v) is 9.79. The smallest absolute Gasteiger partial charge is 0.0367 e. The summed E-state index contributed by atoms with van der Waals surface area (Å²) in [5, 5.41) is 3.34. The maximum atomic E-state index is 5.81. The first kappa shape index (κ1) is 11.0. The van der Waals surface area contributed by atoms with E-state index in [9.17, 15) is 0 Å². The van der Waals surface area contributed by atoms with Crippen LogP contribution in [0.5, 0.6) is 0 Å². The van der Waals surface area contributed by atoms with E-state index in [2.05, 4.69) is 22.9 Å². The van der Waals surface area contributed by atoms with Gasteiger partial charge >= 0.3 is 0 Å². The summed E-state index contributed by atoms with van der Waals surface area (Å²) in [4.78, 5) is 2.32. The number of hydrogen-bond acceptors (Lipinski definition) is 3. The molecule has 0 saturated carbocycles. The van der Waals surface area contributed by atoms with Crippen LogP contribution in [-0.4, -0.2) is 31.1 Å². The third-order valence-electron chi connectivity index (χ3n) is 3.10. The molecule has 0 aromatic heterocycles. The Morgan fingerprint density at radius 3 is 2.69 bits per heavy atom. The molecule has 1 saturated heterocycles. The number of aryl methyl sites for hydroxylation is 1. The van der Waals surface area contributed by atoms with Crippen molar-refractivity contribution in [3.8, 4) is 0 Å². The van der Waals surface area contributed by atoms with E-state index in [1.807, 2.05) is 19.1 Å². The molecule has 1 aromatic rings. The largest absolute Gasteiger partial charge is 0.399 e. The predicted octanol–water partition coefficient (Wildman–Crippen LogP) is 1.45. The quantitative estimate of drug-likeness (QED) is 0.737. The van der Waals surface area contributed by atoms with E-state index >= 15 is 0 Å². The van der Waals surface area contributed by atoms with Crippen molar-refractivity contribution in [1.82, 2.24) is 10.2 Å². The van der Waals surface area contributed by atoms with Crippen molar-refractivity contribution < 1.29 is 0 Å². The van der Waals surface area contributed by atoms with Crippen LogP contribution in [0.2, 0.25) is 0 Å². The van der Waals surface area contributed by atoms with Gasteiger partial charge in [0.2, 0.25) is 0 Å². The maximum Gasteiger partial charge on any atom is 0.0367 e. The summed E-state index contributed by atoms with van der Waals surface area (Å²) in [6.45, 7) is 10.3. The van der Waals surface area contributed by atoms with Crippen molar-refractivity contribution in [2.24, 2.45) is 0 Å². The Morgan fingerprint density at radius 1 is 1.38 bits per heavy atom. The molecule has 86 valence electrons. The molecule has 1 aromatic carbocycles. The van der Waals surface area contributed by atoms with Crippen LogP contribution >= 0.6 is 0 Å². The lowest BCUT2D eigenvalue weighted by Crippen LogP contribution is -2.42. The maximum absolute atomic E-state index is 5.81. The molecule has 1 heterocycles. The average Bonchev–Trinajstić information content (AvgIpc) is 2.33. The molecule has 0 amide bonds. The van der Waals surface area contributed by atoms with E-state index in [0.29, 0.717) is 0 Å². The summed E-state index contributed by atoms with van der Waals surface area (Å²) < 4.78 is 0. The lowest BCUT2D eigenvalue weighted by Gasteiger charge is -2.31. The fraction of sp³-hybridized carbons (Fsp3) is 0.385. The zero-order valence-electron chi connectivity index (χ0n) is 9.79. The molecule has 2 rings (SSSR count). The molecule has 3 N–H and O–H groups in total. The van der Waals surface area contributed by atoms with Gasteiger partial charge in [-0.3, -0.25) is 0 Å². The van der Waals surface area contributed by atoms with Gasteiger partial charge in [0, 0.05) is 37.6 Å². The number of nitrogen functional groups attached to an aromatic ring is 1. The molecule has 16 heavy (non-hydrogen) atoms. The monoisotopic (exact) mass is 217 g/mol. The number of benzene rings is 1. The Labute approximate surface area is 96.9 Å². The molecule has 1 fully saturated rings. The molecule has 0 aliphatic carbocycles. The molecular weight excluding hydrogens is 198 g/mol. The number of anilines is 1. The van der Waals surface area contributed by atoms with Crippen molar-refractivity contribution in [2.75, 3.05) is 31.9 Å². The van der Waals surface area contributed by atoms with E-state index in [0.717, 1.165) is 43.1 Å². The van der Waals surface area contributed by atoms with Gasteiger partial charge < -0.3 is 16.0 Å². The minimum atomic E-state index is 0.844. The fourth-order valence-electron chi connectivity index (χ4n) is 1.97. The van der Waals surface area contributed by atoms with Gasteiger partial charge in [0.15, 0.2) is 0 Å². The van der Waals surface area contributed by atoms with Crippen molar-refractivity contribution in [2.45, 2.75) is 6.92 Å². The Balaban J connectivity index is 2.16. The minimum absolute atomic E-state index is 0.844. The Morgan fingerprint density at radius 2 is 2.06 bits per heavy atom. The van der Waals surface area contributed by atoms with Crippen LogP contribution in [-0.2, 0) is 0 Å². The minimum Gasteiger partial charge on any atom is -0.399 e. The summed E-state index contributed by atoms with van der Waals surface area (Å²) in [7, 11) is 0. The molecule has 0 spiro atoms. The van der Waals surface area contributed by atoms with Crippen LogP contribution in [0, 0.1) is 6.92 Å². The van der Waals surface area contributed by atoms with E-state index < -0.39 is 0 Å². The highest BCUT2D eigenvalue weighted by Crippen LogP contribution is 2.21. The predicted molar refractivity (Wildman–Crippen MR) is 69.1 cm³/mol. The molecule has 0 atom stereocenters. The Hall–Kier alpha value is -1.48. The van der Waals surface area contributed by atoms with Gasteiger partial charge in [-0.1, -0.05) is 12.6 Å². The molecule has 1 aliphatic heterocycles. The van der Waals surface area contributed by atoms with Crippen molar-refractivity contribution >= 4 is 11.4 Å². The zero-order chi connectivity index (χ0) is 11.5. The van der Waals surface area contributed by atoms with Gasteiger partial charge in [-0.05, 0) is 30.2 Å². The summed E-state index contributed by atoms with van der Waals surface area (Å²) in [6, 6.07) is 6.12. The van der Waals surface area contributed by atoms with Crippen LogP contribution in [0.15, 0.2) is 24.8 Å². The number of nitrogens with two attached hydrogens (primary N) is 1. The van der Waals surface area contributed by atoms with Gasteiger partial charge in [-0.25, -0.2) is 0 Å². The van der Waals surface area contributed by atoms with E-state index in [1.165, 1.54) is 5.56 Å². The molecule has 1 aliphatic rings. The van der Waals surface area contributed by atoms with Crippen LogP contribution in [0.3, 0.4) is 0 Å². The van der Waals surface area contributed by atoms with Crippen LogP contribution < -0.4 is 11.1 Å². The third kappa shape index (κ3) is 2.19. The van der Waals surface area contributed by atoms with Crippen molar-refractivity contribution in [3.63, 3.8) is 0 Å². The standard InChI is InChI=1S/C13H19N3/c1-10-9-12(3-4-13(10)14)11(2)16-7-5-15-6-8-16/h3-4,9,15H,2,5-8,14H2,1H3. The third-order valence-corrected chi connectivity index (χ3v) is 3.10. The first-order chi connectivity index (χ1) is 7.68. The highest BCUT2D eigenvalue weighted by Gasteiger charge is 2.12. The molecular formula is C13H19N3. The van der Waals surface area contributed by atoms with Gasteiger partial charge in [0.25, 0.3) is 0 Å². The number of nitrogens with zero attached hydrogens (tertiary/aromatic N) is 1. The first-order valence-electron chi connectivity index (χ1n) is 5.69. The summed E-state index contributed by atoms with van der Waals surface area (Å²) in [5.41, 5.74) is 10.1. The van der Waals surface area contributed by atoms with E-state index in [-0.39, 0.29) is 0 Å². The molecule has 0 radical (unpaired) electrons. The highest BCUT2D eigenvalue weighted by molar-refractivity contribution is 5.65. The number of hydrogen-bond donors (Lipinski definition) is 2. The van der Waals surface area contributed by atoms with Crippen molar-refractivity contribution in [1.29, 1.82) is 0 Å². The van der Waals surface area contributed by atoms with Crippen LogP contribution in [0.4, 0.5) is 5.69 Å². The second-order valence-corrected chi connectivity index (χ2v) is 4.26. The number of nitrogens with one attached hydrogen (secondary N) is 1. The molecule has 0 bridgehead atoms. The van der Waals surface area contributed by atoms with Crippen LogP contribution in [0.25, 0.3) is 5.70 Å². The van der Waals surface area contributed by atoms with Gasteiger partial charge in [0.05, 0.1) is 0 Å². The van der Waals surface area contributed by atoms with Crippen molar-refractivity contribution in [3.05, 3.63) is 35.9 Å². The summed E-state index contributed by atoms with van der Waals surface area (Å²) in [6.07, 6.45) is 0. The second kappa shape index (κ2) is 4.58. The lowest BCUT2D eigenvalue weighted by molar-refractivity contribution is 0.341.